The Morgan fingerprint density at radius 3 is 2.56 bits per heavy atom. The lowest BCUT2D eigenvalue weighted by Crippen LogP contribution is -2.46. The molecule has 5 nitrogen and oxygen atoms in total. The topological polar surface area (TPSA) is 50.3 Å². The molecule has 1 aliphatic rings. The summed E-state index contributed by atoms with van der Waals surface area (Å²) in [5, 5.41) is 4.32. The number of piperazine rings is 1. The Morgan fingerprint density at radius 2 is 1.94 bits per heavy atom. The minimum atomic E-state index is 0.802. The van der Waals surface area contributed by atoms with E-state index in [2.05, 4.69) is 28.0 Å². The highest BCUT2D eigenvalue weighted by atomic mass is 15.3. The molecule has 0 saturated carbocycles. The molecule has 1 aromatic heterocycles. The third kappa shape index (κ3) is 3.80. The highest BCUT2D eigenvalue weighted by Gasteiger charge is 2.16. The number of rotatable bonds is 6. The second-order valence-corrected chi connectivity index (χ2v) is 4.96. The maximum Gasteiger partial charge on any atom is 0.0534 e. The first-order chi connectivity index (χ1) is 8.81. The third-order valence-electron chi connectivity index (χ3n) is 3.56. The summed E-state index contributed by atoms with van der Waals surface area (Å²) in [5.41, 5.74) is 6.87. The first-order valence-corrected chi connectivity index (χ1v) is 6.98. The summed E-state index contributed by atoms with van der Waals surface area (Å²) in [5.74, 6) is 0. The maximum absolute atomic E-state index is 5.54. The van der Waals surface area contributed by atoms with Crippen LogP contribution in [0.5, 0.6) is 0 Å². The van der Waals surface area contributed by atoms with Gasteiger partial charge < -0.3 is 10.6 Å². The monoisotopic (exact) mass is 251 g/mol. The van der Waals surface area contributed by atoms with Crippen LogP contribution in [0.3, 0.4) is 0 Å². The molecule has 5 heteroatoms. The van der Waals surface area contributed by atoms with Crippen LogP contribution in [0.1, 0.15) is 18.9 Å². The number of aryl methyl sites for hydroxylation is 1. The molecule has 2 heterocycles. The predicted octanol–water partition coefficient (Wildman–Crippen LogP) is 0.369. The fourth-order valence-corrected chi connectivity index (χ4v) is 2.41. The molecular formula is C13H25N5. The molecule has 2 rings (SSSR count). The molecule has 0 amide bonds. The molecule has 0 atom stereocenters. The first kappa shape index (κ1) is 13.5. The largest absolute Gasteiger partial charge is 0.330 e. The SMILES string of the molecule is CCn1cc(CN2CCN(CCCN)CC2)cn1. The average Bonchev–Trinajstić information content (AvgIpc) is 2.86. The van der Waals surface area contributed by atoms with E-state index in [4.69, 9.17) is 5.73 Å². The number of hydrogen-bond donors (Lipinski definition) is 1. The van der Waals surface area contributed by atoms with E-state index in [1.165, 1.54) is 18.7 Å². The summed E-state index contributed by atoms with van der Waals surface area (Å²) in [6.45, 7) is 10.7. The van der Waals surface area contributed by atoms with E-state index < -0.39 is 0 Å². The van der Waals surface area contributed by atoms with Gasteiger partial charge in [0.1, 0.15) is 0 Å². The Kier molecular flexibility index (Phi) is 5.16. The molecule has 2 N–H and O–H groups in total. The van der Waals surface area contributed by atoms with Crippen molar-refractivity contribution in [2.45, 2.75) is 26.4 Å². The number of hydrogen-bond acceptors (Lipinski definition) is 4. The first-order valence-electron chi connectivity index (χ1n) is 6.98. The van der Waals surface area contributed by atoms with Gasteiger partial charge in [0.15, 0.2) is 0 Å². The lowest BCUT2D eigenvalue weighted by Gasteiger charge is -2.34. The van der Waals surface area contributed by atoms with Crippen LogP contribution in [0.4, 0.5) is 0 Å². The van der Waals surface area contributed by atoms with Gasteiger partial charge in [0.05, 0.1) is 6.20 Å². The maximum atomic E-state index is 5.54. The summed E-state index contributed by atoms with van der Waals surface area (Å²) >= 11 is 0. The van der Waals surface area contributed by atoms with Crippen LogP contribution in [0.25, 0.3) is 0 Å². The number of nitrogens with two attached hydrogens (primary N) is 1. The molecule has 0 bridgehead atoms. The van der Waals surface area contributed by atoms with E-state index in [1.807, 2.05) is 10.9 Å². The van der Waals surface area contributed by atoms with Gasteiger partial charge >= 0.3 is 0 Å². The van der Waals surface area contributed by atoms with Crippen molar-refractivity contribution in [3.63, 3.8) is 0 Å². The molecule has 1 saturated heterocycles. The molecule has 102 valence electrons. The highest BCUT2D eigenvalue weighted by Crippen LogP contribution is 2.08. The van der Waals surface area contributed by atoms with Gasteiger partial charge in [0.2, 0.25) is 0 Å². The minimum Gasteiger partial charge on any atom is -0.330 e. The van der Waals surface area contributed by atoms with Gasteiger partial charge in [-0.1, -0.05) is 0 Å². The molecule has 0 spiro atoms. The average molecular weight is 251 g/mol. The normalized spacial score (nSPS) is 18.3. The second-order valence-electron chi connectivity index (χ2n) is 4.96. The van der Waals surface area contributed by atoms with Gasteiger partial charge in [-0.15, -0.1) is 0 Å². The molecule has 1 fully saturated rings. The van der Waals surface area contributed by atoms with Crippen LogP contribution in [0.2, 0.25) is 0 Å². The van der Waals surface area contributed by atoms with Gasteiger partial charge in [-0.2, -0.15) is 5.10 Å². The molecule has 0 aromatic carbocycles. The van der Waals surface area contributed by atoms with Gasteiger partial charge in [-0.3, -0.25) is 9.58 Å². The van der Waals surface area contributed by atoms with Crippen molar-refractivity contribution in [1.82, 2.24) is 19.6 Å². The lowest BCUT2D eigenvalue weighted by molar-refractivity contribution is 0.126. The van der Waals surface area contributed by atoms with Crippen LogP contribution in [-0.2, 0) is 13.1 Å². The van der Waals surface area contributed by atoms with Crippen molar-refractivity contribution >= 4 is 0 Å². The lowest BCUT2D eigenvalue weighted by atomic mass is 10.2. The standard InChI is InChI=1S/C13H25N5/c1-2-18-12-13(10-15-18)11-17-8-6-16(7-9-17)5-3-4-14/h10,12H,2-9,11,14H2,1H3. The van der Waals surface area contributed by atoms with Gasteiger partial charge in [-0.25, -0.2) is 0 Å². The zero-order chi connectivity index (χ0) is 12.8. The Morgan fingerprint density at radius 1 is 1.22 bits per heavy atom. The Labute approximate surface area is 110 Å². The van der Waals surface area contributed by atoms with Crippen molar-refractivity contribution in [2.75, 3.05) is 39.3 Å². The van der Waals surface area contributed by atoms with Crippen LogP contribution in [0, 0.1) is 0 Å². The fourth-order valence-electron chi connectivity index (χ4n) is 2.41. The summed E-state index contributed by atoms with van der Waals surface area (Å²) in [6, 6.07) is 0. The summed E-state index contributed by atoms with van der Waals surface area (Å²) in [7, 11) is 0. The van der Waals surface area contributed by atoms with E-state index in [1.54, 1.807) is 0 Å². The molecule has 0 unspecified atom stereocenters. The molecule has 0 radical (unpaired) electrons. The van der Waals surface area contributed by atoms with Crippen molar-refractivity contribution in [3.8, 4) is 0 Å². The van der Waals surface area contributed by atoms with E-state index >= 15 is 0 Å². The Hall–Kier alpha value is -0.910. The van der Waals surface area contributed by atoms with Crippen LogP contribution in [-0.4, -0.2) is 58.8 Å². The zero-order valence-electron chi connectivity index (χ0n) is 11.4. The summed E-state index contributed by atoms with van der Waals surface area (Å²) in [6.07, 6.45) is 5.26. The van der Waals surface area contributed by atoms with Crippen LogP contribution < -0.4 is 5.73 Å². The van der Waals surface area contributed by atoms with Gasteiger partial charge in [-0.05, 0) is 26.4 Å². The van der Waals surface area contributed by atoms with Gasteiger partial charge in [0.25, 0.3) is 0 Å². The Bertz CT molecular complexity index is 341. The molecular weight excluding hydrogens is 226 g/mol. The van der Waals surface area contributed by atoms with Crippen molar-refractivity contribution in [3.05, 3.63) is 18.0 Å². The van der Waals surface area contributed by atoms with Gasteiger partial charge in [0, 0.05) is 51.0 Å². The van der Waals surface area contributed by atoms with E-state index in [0.29, 0.717) is 0 Å². The second kappa shape index (κ2) is 6.87. The van der Waals surface area contributed by atoms with Crippen molar-refractivity contribution < 1.29 is 0 Å². The van der Waals surface area contributed by atoms with E-state index in [-0.39, 0.29) is 0 Å². The smallest absolute Gasteiger partial charge is 0.0534 e. The third-order valence-corrected chi connectivity index (χ3v) is 3.56. The van der Waals surface area contributed by atoms with Crippen LogP contribution >= 0.6 is 0 Å². The molecule has 18 heavy (non-hydrogen) atoms. The predicted molar refractivity (Wildman–Crippen MR) is 73.3 cm³/mol. The summed E-state index contributed by atoms with van der Waals surface area (Å²) < 4.78 is 1.99. The highest BCUT2D eigenvalue weighted by molar-refractivity contribution is 5.03. The minimum absolute atomic E-state index is 0.802. The molecule has 1 aliphatic heterocycles. The van der Waals surface area contributed by atoms with Crippen molar-refractivity contribution in [1.29, 1.82) is 0 Å². The number of nitrogens with zero attached hydrogens (tertiary/aromatic N) is 4. The quantitative estimate of drug-likeness (QED) is 0.793. The fraction of sp³-hybridized carbons (Fsp3) is 0.769. The van der Waals surface area contributed by atoms with Crippen LogP contribution in [0.15, 0.2) is 12.4 Å². The van der Waals surface area contributed by atoms with E-state index in [9.17, 15) is 0 Å². The summed E-state index contributed by atoms with van der Waals surface area (Å²) in [4.78, 5) is 5.02. The number of aromatic nitrogens is 2. The van der Waals surface area contributed by atoms with Crippen molar-refractivity contribution in [2.24, 2.45) is 5.73 Å². The molecule has 1 aromatic rings. The zero-order valence-corrected chi connectivity index (χ0v) is 11.4. The van der Waals surface area contributed by atoms with E-state index in [0.717, 1.165) is 45.7 Å². The Balaban J connectivity index is 1.73. The molecule has 0 aliphatic carbocycles.